The summed E-state index contributed by atoms with van der Waals surface area (Å²) >= 11 is 0. The Bertz CT molecular complexity index is 1810. The largest absolute Gasteiger partial charge is 0.481 e. The summed E-state index contributed by atoms with van der Waals surface area (Å²) < 4.78 is 124. The minimum atomic E-state index is -5.15. The molecule has 0 radical (unpaired) electrons. The number of nitrogens with one attached hydrogen (secondary N) is 1. The molecule has 1 N–H and O–H groups in total. The SMILES string of the molecule is CCOC(=O)N1c2ccc(OC)nc2C(Nc2ncc(S(=O)(=O)CCC(=O)OC)c(Cc3cc(C(F)(F)F)cc(C(F)(F)F)c3)n2)CC1CC. The van der Waals surface area contributed by atoms with Crippen molar-refractivity contribution in [1.82, 2.24) is 15.0 Å². The van der Waals surface area contributed by atoms with Crippen molar-refractivity contribution in [3.8, 4) is 5.88 Å². The monoisotopic (exact) mass is 733 g/mol. The van der Waals surface area contributed by atoms with Gasteiger partial charge in [0, 0.05) is 18.5 Å². The van der Waals surface area contributed by atoms with E-state index in [1.165, 1.54) is 18.1 Å². The molecule has 0 spiro atoms. The lowest BCUT2D eigenvalue weighted by Crippen LogP contribution is -2.46. The van der Waals surface area contributed by atoms with Crippen LogP contribution in [0.25, 0.3) is 0 Å². The lowest BCUT2D eigenvalue weighted by molar-refractivity contribution is -0.143. The number of halogens is 6. The Balaban J connectivity index is 1.83. The molecule has 19 heteroatoms. The second kappa shape index (κ2) is 15.1. The fraction of sp³-hybridized carbons (Fsp3) is 0.452. The Morgan fingerprint density at radius 1 is 1.00 bits per heavy atom. The van der Waals surface area contributed by atoms with Gasteiger partial charge in [0.2, 0.25) is 11.8 Å². The number of aromatic nitrogens is 3. The lowest BCUT2D eigenvalue weighted by atomic mass is 9.93. The molecular weight excluding hydrogens is 700 g/mol. The van der Waals surface area contributed by atoms with Crippen LogP contribution in [-0.2, 0) is 42.9 Å². The van der Waals surface area contributed by atoms with Crippen LogP contribution in [0.2, 0.25) is 0 Å². The molecule has 1 aromatic carbocycles. The molecule has 0 bridgehead atoms. The molecule has 272 valence electrons. The van der Waals surface area contributed by atoms with E-state index in [-0.39, 0.29) is 30.9 Å². The number of hydrogen-bond donors (Lipinski definition) is 1. The van der Waals surface area contributed by atoms with Crippen molar-refractivity contribution in [1.29, 1.82) is 0 Å². The summed E-state index contributed by atoms with van der Waals surface area (Å²) in [6.07, 6.45) is -10.8. The number of carbonyl (C=O) groups is 2. The maximum atomic E-state index is 13.6. The minimum Gasteiger partial charge on any atom is -0.481 e. The average Bonchev–Trinajstić information content (AvgIpc) is 3.05. The van der Waals surface area contributed by atoms with Crippen LogP contribution < -0.4 is 15.0 Å². The van der Waals surface area contributed by atoms with E-state index in [1.54, 1.807) is 13.0 Å². The number of methoxy groups -OCH3 is 2. The molecule has 0 fully saturated rings. The molecule has 0 aliphatic carbocycles. The molecule has 2 atom stereocenters. The van der Waals surface area contributed by atoms with Crippen molar-refractivity contribution in [2.24, 2.45) is 0 Å². The highest BCUT2D eigenvalue weighted by Gasteiger charge is 2.39. The van der Waals surface area contributed by atoms with E-state index in [9.17, 15) is 44.3 Å². The van der Waals surface area contributed by atoms with Gasteiger partial charge in [-0.05, 0) is 49.6 Å². The molecule has 2 aromatic heterocycles. The van der Waals surface area contributed by atoms with E-state index in [0.717, 1.165) is 13.3 Å². The number of alkyl halides is 6. The van der Waals surface area contributed by atoms with Crippen molar-refractivity contribution in [3.63, 3.8) is 0 Å². The van der Waals surface area contributed by atoms with Gasteiger partial charge in [-0.1, -0.05) is 6.92 Å². The van der Waals surface area contributed by atoms with Gasteiger partial charge >= 0.3 is 24.4 Å². The van der Waals surface area contributed by atoms with Crippen LogP contribution in [0, 0.1) is 0 Å². The highest BCUT2D eigenvalue weighted by Crippen LogP contribution is 2.41. The molecule has 1 aliphatic rings. The maximum Gasteiger partial charge on any atom is 0.416 e. The number of anilines is 2. The Kier molecular flexibility index (Phi) is 11.5. The zero-order valence-corrected chi connectivity index (χ0v) is 28.0. The first-order chi connectivity index (χ1) is 23.4. The topological polar surface area (TPSA) is 150 Å². The fourth-order valence-electron chi connectivity index (χ4n) is 5.39. The zero-order chi connectivity index (χ0) is 37.0. The number of nitrogens with zero attached hydrogens (tertiary/aromatic N) is 4. The van der Waals surface area contributed by atoms with Crippen LogP contribution >= 0.6 is 0 Å². The van der Waals surface area contributed by atoms with E-state index in [0.29, 0.717) is 29.9 Å². The van der Waals surface area contributed by atoms with Crippen LogP contribution in [0.4, 0.5) is 42.8 Å². The number of esters is 1. The first-order valence-corrected chi connectivity index (χ1v) is 16.8. The number of amides is 1. The van der Waals surface area contributed by atoms with E-state index < -0.39 is 92.2 Å². The summed E-state index contributed by atoms with van der Waals surface area (Å²) in [5.41, 5.74) is -3.50. The number of pyridine rings is 1. The van der Waals surface area contributed by atoms with Gasteiger partial charge in [0.05, 0.1) is 73.4 Å². The molecule has 0 saturated heterocycles. The van der Waals surface area contributed by atoms with Gasteiger partial charge < -0.3 is 19.5 Å². The van der Waals surface area contributed by atoms with Crippen LogP contribution in [0.5, 0.6) is 5.88 Å². The smallest absolute Gasteiger partial charge is 0.416 e. The van der Waals surface area contributed by atoms with E-state index in [2.05, 4.69) is 25.0 Å². The van der Waals surface area contributed by atoms with Crippen molar-refractivity contribution in [2.75, 3.05) is 36.8 Å². The van der Waals surface area contributed by atoms with Gasteiger partial charge in [0.15, 0.2) is 9.84 Å². The van der Waals surface area contributed by atoms with Crippen molar-refractivity contribution in [3.05, 3.63) is 64.6 Å². The Morgan fingerprint density at radius 3 is 2.22 bits per heavy atom. The minimum absolute atomic E-state index is 0.0456. The summed E-state index contributed by atoms with van der Waals surface area (Å²) in [6.45, 7) is 3.59. The molecule has 2 unspecified atom stereocenters. The standard InChI is InChI=1S/C31H33F6N5O7S/c1-5-20-15-22(27-23(7-8-25(41-27)47-3)42(20)29(44)49-6-2)40-28-38-16-24(50(45,46)10-9-26(43)48-4)21(39-28)13-17-11-18(30(32,33)34)14-19(12-17)31(35,36)37/h7-8,11-12,14,16,20,22H,5-6,9-10,13,15H2,1-4H3,(H,38,39,40). The number of benzene rings is 1. The Morgan fingerprint density at radius 2 is 1.66 bits per heavy atom. The molecule has 1 amide bonds. The number of carbonyl (C=O) groups excluding carboxylic acids is 2. The summed E-state index contributed by atoms with van der Waals surface area (Å²) in [7, 11) is -2.00. The predicted octanol–water partition coefficient (Wildman–Crippen LogP) is 6.14. The number of ether oxygens (including phenoxy) is 3. The van der Waals surface area contributed by atoms with Crippen LogP contribution in [0.1, 0.15) is 67.2 Å². The van der Waals surface area contributed by atoms with Gasteiger partial charge in [0.25, 0.3) is 0 Å². The maximum absolute atomic E-state index is 13.6. The summed E-state index contributed by atoms with van der Waals surface area (Å²) in [5.74, 6) is -1.73. The quantitative estimate of drug-likeness (QED) is 0.179. The molecular formula is C31H33F6N5O7S. The van der Waals surface area contributed by atoms with E-state index in [1.807, 2.05) is 6.92 Å². The van der Waals surface area contributed by atoms with Gasteiger partial charge in [-0.3, -0.25) is 9.69 Å². The van der Waals surface area contributed by atoms with Gasteiger partial charge in [-0.2, -0.15) is 26.3 Å². The molecule has 12 nitrogen and oxygen atoms in total. The number of rotatable bonds is 11. The molecule has 50 heavy (non-hydrogen) atoms. The Hall–Kier alpha value is -4.68. The lowest BCUT2D eigenvalue weighted by Gasteiger charge is -2.39. The third-order valence-electron chi connectivity index (χ3n) is 7.77. The highest BCUT2D eigenvalue weighted by molar-refractivity contribution is 7.91. The van der Waals surface area contributed by atoms with Crippen LogP contribution in [0.3, 0.4) is 0 Å². The average molecular weight is 734 g/mol. The van der Waals surface area contributed by atoms with Crippen molar-refractivity contribution >= 4 is 33.5 Å². The molecule has 1 aliphatic heterocycles. The second-order valence-corrected chi connectivity index (χ2v) is 13.1. The molecule has 3 heterocycles. The van der Waals surface area contributed by atoms with Gasteiger partial charge in [-0.25, -0.2) is 28.2 Å². The predicted molar refractivity (Wildman–Crippen MR) is 165 cm³/mol. The van der Waals surface area contributed by atoms with Crippen molar-refractivity contribution < 1.29 is 58.6 Å². The molecule has 4 rings (SSSR count). The van der Waals surface area contributed by atoms with Crippen LogP contribution in [0.15, 0.2) is 41.4 Å². The number of fused-ring (bicyclic) bond motifs is 1. The molecule has 0 saturated carbocycles. The van der Waals surface area contributed by atoms with Crippen LogP contribution in [-0.4, -0.2) is 68.1 Å². The summed E-state index contributed by atoms with van der Waals surface area (Å²) in [4.78, 5) is 38.4. The Labute approximate surface area is 283 Å². The summed E-state index contributed by atoms with van der Waals surface area (Å²) in [5, 5.41) is 3.03. The number of sulfone groups is 1. The van der Waals surface area contributed by atoms with E-state index >= 15 is 0 Å². The zero-order valence-electron chi connectivity index (χ0n) is 27.2. The van der Waals surface area contributed by atoms with Gasteiger partial charge in [-0.15, -0.1) is 0 Å². The van der Waals surface area contributed by atoms with E-state index in [4.69, 9.17) is 9.47 Å². The van der Waals surface area contributed by atoms with Crippen molar-refractivity contribution in [2.45, 2.75) is 68.9 Å². The normalized spacial score (nSPS) is 16.4. The molecule has 3 aromatic rings. The second-order valence-electron chi connectivity index (χ2n) is 11.1. The van der Waals surface area contributed by atoms with Gasteiger partial charge in [0.1, 0.15) is 4.90 Å². The third kappa shape index (κ3) is 8.72. The fourth-order valence-corrected chi connectivity index (χ4v) is 6.73. The third-order valence-corrected chi connectivity index (χ3v) is 9.53. The first kappa shape index (κ1) is 38.1. The summed E-state index contributed by atoms with van der Waals surface area (Å²) in [6, 6.07) is 2.86. The number of hydrogen-bond acceptors (Lipinski definition) is 11. The highest BCUT2D eigenvalue weighted by atomic mass is 32.2. The first-order valence-electron chi connectivity index (χ1n) is 15.1.